The molecule has 1 amide bonds. The molecule has 4 aromatic rings. The molecule has 9 heteroatoms. The number of fused-ring (bicyclic) bond motifs is 1. The molecular formula is C23H22ClFN4OS2. The number of carbonyl (C=O) groups excluding carboxylic acids is 1. The highest BCUT2D eigenvalue weighted by atomic mass is 35.5. The molecule has 0 saturated carbocycles. The highest BCUT2D eigenvalue weighted by Gasteiger charge is 2.20. The van der Waals surface area contributed by atoms with E-state index in [0.29, 0.717) is 28.9 Å². The maximum atomic E-state index is 13.2. The first-order valence-corrected chi connectivity index (χ1v) is 12.4. The fourth-order valence-corrected chi connectivity index (χ4v) is 5.35. The van der Waals surface area contributed by atoms with Crippen LogP contribution in [0.15, 0.2) is 60.0 Å². The van der Waals surface area contributed by atoms with Crippen molar-refractivity contribution in [3.05, 3.63) is 71.5 Å². The van der Waals surface area contributed by atoms with Crippen LogP contribution in [-0.2, 0) is 11.3 Å². The molecule has 0 fully saturated rings. The summed E-state index contributed by atoms with van der Waals surface area (Å²) in [5.41, 5.74) is 1.76. The van der Waals surface area contributed by atoms with Crippen molar-refractivity contribution in [3.8, 4) is 0 Å². The molecule has 2 aromatic heterocycles. The minimum Gasteiger partial charge on any atom is -0.337 e. The average molecular weight is 489 g/mol. The number of aryl methyl sites for hydroxylation is 2. The van der Waals surface area contributed by atoms with Crippen molar-refractivity contribution in [2.24, 2.45) is 0 Å². The number of benzene rings is 2. The summed E-state index contributed by atoms with van der Waals surface area (Å²) in [6, 6.07) is 10.1. The Bertz CT molecular complexity index is 1190. The normalized spacial score (nSPS) is 11.2. The first-order valence-electron chi connectivity index (χ1n) is 10.2. The molecule has 2 heterocycles. The van der Waals surface area contributed by atoms with E-state index < -0.39 is 0 Å². The molecular weight excluding hydrogens is 467 g/mol. The van der Waals surface area contributed by atoms with Crippen LogP contribution in [0.5, 0.6) is 0 Å². The number of amides is 1. The molecule has 0 radical (unpaired) electrons. The van der Waals surface area contributed by atoms with E-state index in [1.165, 1.54) is 23.5 Å². The third-order valence-corrected chi connectivity index (χ3v) is 7.49. The molecule has 0 saturated heterocycles. The maximum absolute atomic E-state index is 13.2. The lowest BCUT2D eigenvalue weighted by molar-refractivity contribution is -0.118. The predicted octanol–water partition coefficient (Wildman–Crippen LogP) is 6.20. The largest absolute Gasteiger partial charge is 0.337 e. The topological polar surface area (TPSA) is 51.0 Å². The van der Waals surface area contributed by atoms with Crippen LogP contribution in [0.4, 0.5) is 9.52 Å². The zero-order valence-electron chi connectivity index (χ0n) is 17.5. The lowest BCUT2D eigenvalue weighted by atomic mass is 10.2. The number of thiazole rings is 1. The van der Waals surface area contributed by atoms with Gasteiger partial charge in [0.25, 0.3) is 0 Å². The number of nitrogens with zero attached hydrogens (tertiary/aromatic N) is 4. The Morgan fingerprint density at radius 2 is 2.06 bits per heavy atom. The van der Waals surface area contributed by atoms with E-state index in [0.717, 1.165) is 33.6 Å². The van der Waals surface area contributed by atoms with Crippen LogP contribution in [0.3, 0.4) is 0 Å². The number of anilines is 1. The van der Waals surface area contributed by atoms with Crippen LogP contribution in [0.25, 0.3) is 10.2 Å². The van der Waals surface area contributed by atoms with E-state index in [-0.39, 0.29) is 11.7 Å². The summed E-state index contributed by atoms with van der Waals surface area (Å²) in [6.45, 7) is 3.27. The van der Waals surface area contributed by atoms with Gasteiger partial charge in [0.2, 0.25) is 5.91 Å². The highest BCUT2D eigenvalue weighted by molar-refractivity contribution is 7.99. The van der Waals surface area contributed by atoms with E-state index >= 15 is 0 Å². The van der Waals surface area contributed by atoms with Crippen molar-refractivity contribution < 1.29 is 9.18 Å². The molecule has 166 valence electrons. The Hall–Kier alpha value is -2.42. The molecule has 0 unspecified atom stereocenters. The second-order valence-electron chi connectivity index (χ2n) is 7.27. The van der Waals surface area contributed by atoms with Crippen LogP contribution >= 0.6 is 34.7 Å². The van der Waals surface area contributed by atoms with Crippen LogP contribution in [0, 0.1) is 12.7 Å². The Kier molecular flexibility index (Phi) is 7.44. The van der Waals surface area contributed by atoms with Crippen molar-refractivity contribution >= 4 is 56.0 Å². The highest BCUT2D eigenvalue weighted by Crippen LogP contribution is 2.34. The van der Waals surface area contributed by atoms with Gasteiger partial charge in [0, 0.05) is 47.6 Å². The molecule has 0 aliphatic rings. The third-order valence-electron chi connectivity index (χ3n) is 5.02. The number of halogens is 2. The van der Waals surface area contributed by atoms with Crippen molar-refractivity contribution in [3.63, 3.8) is 0 Å². The van der Waals surface area contributed by atoms with Gasteiger partial charge in [-0.1, -0.05) is 22.9 Å². The van der Waals surface area contributed by atoms with Gasteiger partial charge in [-0.25, -0.2) is 14.4 Å². The second kappa shape index (κ2) is 10.5. The average Bonchev–Trinajstić information content (AvgIpc) is 3.45. The number of hydrogen-bond donors (Lipinski definition) is 0. The lowest BCUT2D eigenvalue weighted by Gasteiger charge is -2.20. The van der Waals surface area contributed by atoms with E-state index in [1.807, 2.05) is 29.8 Å². The summed E-state index contributed by atoms with van der Waals surface area (Å²) in [7, 11) is 0. The third kappa shape index (κ3) is 5.49. The van der Waals surface area contributed by atoms with E-state index in [1.54, 1.807) is 41.3 Å². The summed E-state index contributed by atoms with van der Waals surface area (Å²) >= 11 is 9.31. The Morgan fingerprint density at radius 1 is 1.25 bits per heavy atom. The van der Waals surface area contributed by atoms with Crippen molar-refractivity contribution in [1.82, 2.24) is 14.5 Å². The fourth-order valence-electron chi connectivity index (χ4n) is 3.28. The van der Waals surface area contributed by atoms with E-state index in [2.05, 4.69) is 4.98 Å². The SMILES string of the molecule is Cc1c(Cl)ccc2sc(N(CCCn3ccnc3)C(=O)CCSc3ccc(F)cc3)nc12. The fraction of sp³-hybridized carbons (Fsp3) is 0.261. The molecule has 0 spiro atoms. The van der Waals surface area contributed by atoms with Gasteiger partial charge < -0.3 is 4.57 Å². The quantitative estimate of drug-likeness (QED) is 0.263. The zero-order chi connectivity index (χ0) is 22.5. The Balaban J connectivity index is 1.48. The number of hydrogen-bond acceptors (Lipinski definition) is 5. The van der Waals surface area contributed by atoms with Gasteiger partial charge in [0.05, 0.1) is 16.5 Å². The summed E-state index contributed by atoms with van der Waals surface area (Å²) < 4.78 is 16.1. The minimum atomic E-state index is -0.263. The van der Waals surface area contributed by atoms with Crippen LogP contribution < -0.4 is 4.90 Å². The molecule has 4 rings (SSSR count). The van der Waals surface area contributed by atoms with Crippen LogP contribution in [0.1, 0.15) is 18.4 Å². The van der Waals surface area contributed by atoms with E-state index in [9.17, 15) is 9.18 Å². The monoisotopic (exact) mass is 488 g/mol. The van der Waals surface area contributed by atoms with Gasteiger partial charge in [-0.05, 0) is 55.3 Å². The van der Waals surface area contributed by atoms with Gasteiger partial charge >= 0.3 is 0 Å². The Morgan fingerprint density at radius 3 is 2.81 bits per heavy atom. The summed E-state index contributed by atoms with van der Waals surface area (Å²) in [5.74, 6) is 0.367. The van der Waals surface area contributed by atoms with Crippen LogP contribution in [-0.4, -0.2) is 32.7 Å². The van der Waals surface area contributed by atoms with Crippen LogP contribution in [0.2, 0.25) is 5.02 Å². The molecule has 5 nitrogen and oxygen atoms in total. The van der Waals surface area contributed by atoms with Crippen molar-refractivity contribution in [2.75, 3.05) is 17.2 Å². The smallest absolute Gasteiger partial charge is 0.229 e. The molecule has 0 aliphatic heterocycles. The summed E-state index contributed by atoms with van der Waals surface area (Å²) in [4.78, 5) is 24.7. The standard InChI is InChI=1S/C23H22ClFN4OS2/c1-16-19(24)7-8-20-22(16)27-23(32-20)29(12-2-11-28-13-10-26-15-28)21(30)9-14-31-18-5-3-17(25)4-6-18/h3-8,10,13,15H,2,9,11-12,14H2,1H3. The van der Waals surface area contributed by atoms with Gasteiger partial charge in [-0.2, -0.15) is 0 Å². The molecule has 2 aromatic carbocycles. The predicted molar refractivity (Wildman–Crippen MR) is 130 cm³/mol. The van der Waals surface area contributed by atoms with Gasteiger partial charge in [-0.3, -0.25) is 9.69 Å². The zero-order valence-corrected chi connectivity index (χ0v) is 19.9. The van der Waals surface area contributed by atoms with Gasteiger partial charge in [0.1, 0.15) is 5.82 Å². The van der Waals surface area contributed by atoms with Gasteiger partial charge in [0.15, 0.2) is 5.13 Å². The van der Waals surface area contributed by atoms with Crippen molar-refractivity contribution in [1.29, 1.82) is 0 Å². The molecule has 0 N–H and O–H groups in total. The molecule has 0 atom stereocenters. The van der Waals surface area contributed by atoms with E-state index in [4.69, 9.17) is 16.6 Å². The molecule has 0 bridgehead atoms. The number of aromatic nitrogens is 3. The Labute approximate surface area is 199 Å². The summed E-state index contributed by atoms with van der Waals surface area (Å²) in [5, 5.41) is 1.36. The van der Waals surface area contributed by atoms with Gasteiger partial charge in [-0.15, -0.1) is 11.8 Å². The molecule has 32 heavy (non-hydrogen) atoms. The summed E-state index contributed by atoms with van der Waals surface area (Å²) in [6.07, 6.45) is 6.57. The number of carbonyl (C=O) groups is 1. The maximum Gasteiger partial charge on any atom is 0.229 e. The molecule has 0 aliphatic carbocycles. The number of rotatable bonds is 9. The lowest BCUT2D eigenvalue weighted by Crippen LogP contribution is -2.32. The number of thioether (sulfide) groups is 1. The van der Waals surface area contributed by atoms with Crippen molar-refractivity contribution in [2.45, 2.75) is 31.2 Å². The first kappa shape index (κ1) is 22.8. The number of imidazole rings is 1. The minimum absolute atomic E-state index is 0.0213. The first-order chi connectivity index (χ1) is 15.5. The second-order valence-corrected chi connectivity index (χ2v) is 9.85.